The number of urea groups is 1. The predicted molar refractivity (Wildman–Crippen MR) is 73.2 cm³/mol. The highest BCUT2D eigenvalue weighted by molar-refractivity contribution is 7.51. The number of carbonyl (C=O) groups is 2. The van der Waals surface area contributed by atoms with Crippen molar-refractivity contribution in [2.45, 2.75) is 13.0 Å². The van der Waals surface area contributed by atoms with Gasteiger partial charge in [0.25, 0.3) is 0 Å². The van der Waals surface area contributed by atoms with Crippen molar-refractivity contribution in [2.24, 2.45) is 5.73 Å². The number of nitrogens with two attached hydrogens (primary N) is 1. The molecule has 1 aromatic rings. The number of rotatable bonds is 6. The summed E-state index contributed by atoms with van der Waals surface area (Å²) in [5, 5.41) is 13.0. The lowest BCUT2D eigenvalue weighted by molar-refractivity contribution is -0.119. The first-order chi connectivity index (χ1) is 9.75. The van der Waals surface area contributed by atoms with Crippen LogP contribution < -0.4 is 16.1 Å². The van der Waals surface area contributed by atoms with Gasteiger partial charge < -0.3 is 21.1 Å². The van der Waals surface area contributed by atoms with Gasteiger partial charge in [-0.2, -0.15) is 0 Å². The van der Waals surface area contributed by atoms with E-state index in [-0.39, 0.29) is 12.4 Å². The SMILES string of the molecule is CCOP(=O)(O)NC(=O)NC(C(N)=O)c1ccc(O)cc1. The second kappa shape index (κ2) is 7.07. The smallest absolute Gasteiger partial charge is 0.433 e. The van der Waals surface area contributed by atoms with Crippen LogP contribution in [-0.4, -0.2) is 28.5 Å². The molecule has 2 atom stereocenters. The molecule has 3 amide bonds. The molecule has 9 nitrogen and oxygen atoms in total. The summed E-state index contributed by atoms with van der Waals surface area (Å²) in [6, 6.07) is 3.06. The minimum absolute atomic E-state index is 0.0253. The molecule has 6 N–H and O–H groups in total. The molecule has 21 heavy (non-hydrogen) atoms. The van der Waals surface area contributed by atoms with Crippen LogP contribution in [0.15, 0.2) is 24.3 Å². The summed E-state index contributed by atoms with van der Waals surface area (Å²) in [5.74, 6) is -0.900. The number of carbonyl (C=O) groups excluding carboxylic acids is 2. The Bertz CT molecular complexity index is 562. The molecule has 0 aliphatic rings. The van der Waals surface area contributed by atoms with Gasteiger partial charge in [-0.25, -0.2) is 14.4 Å². The fourth-order valence-corrected chi connectivity index (χ4v) is 2.22. The molecule has 1 aromatic carbocycles. The number of phenols is 1. The molecule has 0 aromatic heterocycles. The van der Waals surface area contributed by atoms with E-state index in [4.69, 9.17) is 10.8 Å². The third-order valence-corrected chi connectivity index (χ3v) is 3.43. The first-order valence-corrected chi connectivity index (χ1v) is 7.47. The van der Waals surface area contributed by atoms with E-state index in [2.05, 4.69) is 9.84 Å². The Hall–Kier alpha value is -2.09. The summed E-state index contributed by atoms with van der Waals surface area (Å²) in [6.45, 7) is 1.40. The van der Waals surface area contributed by atoms with Gasteiger partial charge in [0, 0.05) is 0 Å². The number of hydrogen-bond donors (Lipinski definition) is 5. The Morgan fingerprint density at radius 2 is 1.95 bits per heavy atom. The maximum Gasteiger partial charge on any atom is 0.433 e. The lowest BCUT2D eigenvalue weighted by Gasteiger charge is -2.18. The van der Waals surface area contributed by atoms with E-state index >= 15 is 0 Å². The van der Waals surface area contributed by atoms with Gasteiger partial charge in [0.05, 0.1) is 6.61 Å². The van der Waals surface area contributed by atoms with Crippen LogP contribution >= 0.6 is 7.75 Å². The van der Waals surface area contributed by atoms with Crippen molar-refractivity contribution >= 4 is 19.7 Å². The number of phenolic OH excluding ortho intramolecular Hbond substituents is 1. The van der Waals surface area contributed by atoms with Gasteiger partial charge in [-0.1, -0.05) is 12.1 Å². The molecule has 0 aliphatic heterocycles. The van der Waals surface area contributed by atoms with Crippen LogP contribution in [0.4, 0.5) is 4.79 Å². The maximum absolute atomic E-state index is 11.6. The summed E-state index contributed by atoms with van der Waals surface area (Å²) in [5.41, 5.74) is 5.48. The van der Waals surface area contributed by atoms with Crippen LogP contribution in [0.1, 0.15) is 18.5 Å². The first-order valence-electron chi connectivity index (χ1n) is 5.89. The normalized spacial score (nSPS) is 14.8. The molecule has 0 heterocycles. The number of amides is 3. The molecular weight excluding hydrogens is 301 g/mol. The van der Waals surface area contributed by atoms with Gasteiger partial charge in [0.2, 0.25) is 5.91 Å². The van der Waals surface area contributed by atoms with E-state index in [1.54, 1.807) is 5.09 Å². The zero-order valence-corrected chi connectivity index (χ0v) is 12.0. The highest BCUT2D eigenvalue weighted by Crippen LogP contribution is 2.36. The van der Waals surface area contributed by atoms with Gasteiger partial charge in [0.1, 0.15) is 11.8 Å². The molecule has 10 heteroatoms. The molecule has 0 saturated carbocycles. The molecule has 1 rings (SSSR count). The van der Waals surface area contributed by atoms with Crippen molar-refractivity contribution < 1.29 is 28.7 Å². The summed E-state index contributed by atoms with van der Waals surface area (Å²) in [6.07, 6.45) is 0. The maximum atomic E-state index is 11.6. The summed E-state index contributed by atoms with van der Waals surface area (Å²) in [4.78, 5) is 32.2. The average Bonchev–Trinajstić information content (AvgIpc) is 2.36. The third-order valence-electron chi connectivity index (χ3n) is 2.33. The van der Waals surface area contributed by atoms with Gasteiger partial charge in [0.15, 0.2) is 0 Å². The lowest BCUT2D eigenvalue weighted by Crippen LogP contribution is -2.42. The van der Waals surface area contributed by atoms with Crippen molar-refractivity contribution in [3.63, 3.8) is 0 Å². The summed E-state index contributed by atoms with van der Waals surface area (Å²) in [7, 11) is -4.29. The van der Waals surface area contributed by atoms with E-state index in [9.17, 15) is 19.0 Å². The molecule has 2 unspecified atom stereocenters. The van der Waals surface area contributed by atoms with Gasteiger partial charge in [-0.3, -0.25) is 9.32 Å². The van der Waals surface area contributed by atoms with E-state index in [0.29, 0.717) is 5.56 Å². The van der Waals surface area contributed by atoms with Crippen LogP contribution in [0, 0.1) is 0 Å². The minimum atomic E-state index is -4.29. The van der Waals surface area contributed by atoms with Crippen molar-refractivity contribution in [2.75, 3.05) is 6.61 Å². The Labute approximate surface area is 120 Å². The van der Waals surface area contributed by atoms with Crippen molar-refractivity contribution in [1.29, 1.82) is 0 Å². The monoisotopic (exact) mass is 317 g/mol. The molecular formula is C11H16N3O6P. The molecule has 0 aliphatic carbocycles. The minimum Gasteiger partial charge on any atom is -0.508 e. The predicted octanol–water partition coefficient (Wildman–Crippen LogP) is 0.355. The lowest BCUT2D eigenvalue weighted by atomic mass is 10.1. The van der Waals surface area contributed by atoms with Gasteiger partial charge >= 0.3 is 13.8 Å². The first kappa shape index (κ1) is 17.0. The molecule has 0 fully saturated rings. The Kier molecular flexibility index (Phi) is 5.71. The Morgan fingerprint density at radius 1 is 1.38 bits per heavy atom. The number of hydrogen-bond acceptors (Lipinski definition) is 5. The highest BCUT2D eigenvalue weighted by atomic mass is 31.2. The quantitative estimate of drug-likeness (QED) is 0.478. The zero-order valence-electron chi connectivity index (χ0n) is 11.1. The fourth-order valence-electron chi connectivity index (χ4n) is 1.48. The number of benzene rings is 1. The van der Waals surface area contributed by atoms with Crippen LogP contribution in [0.5, 0.6) is 5.75 Å². The zero-order chi connectivity index (χ0) is 16.0. The molecule has 116 valence electrons. The Morgan fingerprint density at radius 3 is 2.43 bits per heavy atom. The molecule has 0 radical (unpaired) electrons. The average molecular weight is 317 g/mol. The van der Waals surface area contributed by atoms with Crippen molar-refractivity contribution in [1.82, 2.24) is 10.4 Å². The largest absolute Gasteiger partial charge is 0.508 e. The standard InChI is InChI=1S/C11H16N3O6P/c1-2-20-21(18,19)14-11(17)13-9(10(12)16)7-3-5-8(15)6-4-7/h3-6,9,15H,2H2,1H3,(H2,12,16)(H3,13,14,17,18,19). The van der Waals surface area contributed by atoms with Crippen molar-refractivity contribution in [3.05, 3.63) is 29.8 Å². The molecule has 0 saturated heterocycles. The van der Waals surface area contributed by atoms with Crippen LogP contribution in [-0.2, 0) is 13.9 Å². The molecule has 0 spiro atoms. The van der Waals surface area contributed by atoms with Crippen LogP contribution in [0.3, 0.4) is 0 Å². The van der Waals surface area contributed by atoms with E-state index in [1.165, 1.54) is 31.2 Å². The number of nitrogens with one attached hydrogen (secondary N) is 2. The van der Waals surface area contributed by atoms with E-state index in [0.717, 1.165) is 0 Å². The van der Waals surface area contributed by atoms with E-state index < -0.39 is 25.7 Å². The summed E-state index contributed by atoms with van der Waals surface area (Å²) >= 11 is 0. The third kappa shape index (κ3) is 5.42. The van der Waals surface area contributed by atoms with Crippen LogP contribution in [0.2, 0.25) is 0 Å². The highest BCUT2D eigenvalue weighted by Gasteiger charge is 2.26. The molecule has 0 bridgehead atoms. The van der Waals surface area contributed by atoms with Crippen molar-refractivity contribution in [3.8, 4) is 5.75 Å². The number of aromatic hydroxyl groups is 1. The number of primary amides is 1. The van der Waals surface area contributed by atoms with Gasteiger partial charge in [-0.15, -0.1) is 0 Å². The van der Waals surface area contributed by atoms with E-state index in [1.807, 2.05) is 0 Å². The summed E-state index contributed by atoms with van der Waals surface area (Å²) < 4.78 is 15.8. The van der Waals surface area contributed by atoms with Gasteiger partial charge in [-0.05, 0) is 24.6 Å². The second-order valence-electron chi connectivity index (χ2n) is 3.95. The van der Waals surface area contributed by atoms with Crippen LogP contribution in [0.25, 0.3) is 0 Å². The fraction of sp³-hybridized carbons (Fsp3) is 0.273. The second-order valence-corrected chi connectivity index (χ2v) is 5.47. The topological polar surface area (TPSA) is 151 Å². The Balaban J connectivity index is 2.80.